The molecule has 1 heterocycles. The number of aryl methyl sites for hydroxylation is 1. The van der Waals surface area contributed by atoms with E-state index in [1.807, 2.05) is 44.2 Å². The molecule has 0 aromatic heterocycles. The molecule has 0 bridgehead atoms. The normalized spacial score (nSPS) is 18.1. The number of hydrogen-bond donors (Lipinski definition) is 1. The van der Waals surface area contributed by atoms with E-state index in [9.17, 15) is 9.59 Å². The van der Waals surface area contributed by atoms with Crippen LogP contribution in [0.1, 0.15) is 18.9 Å². The van der Waals surface area contributed by atoms with E-state index < -0.39 is 5.25 Å². The zero-order valence-corrected chi connectivity index (χ0v) is 18.0. The highest BCUT2D eigenvalue weighted by Gasteiger charge is 2.34. The van der Waals surface area contributed by atoms with Crippen LogP contribution in [0.5, 0.6) is 5.75 Å². The van der Waals surface area contributed by atoms with Crippen LogP contribution in [0.3, 0.4) is 0 Å². The maximum absolute atomic E-state index is 12.7. The van der Waals surface area contributed by atoms with Crippen LogP contribution in [-0.4, -0.2) is 40.8 Å². The minimum atomic E-state index is -0.569. The summed E-state index contributed by atoms with van der Waals surface area (Å²) in [5.74, 6) is 0.345. The van der Waals surface area contributed by atoms with E-state index in [4.69, 9.17) is 16.3 Å². The minimum absolute atomic E-state index is 0.106. The molecule has 2 amide bonds. The number of amidine groups is 1. The third-order valence-corrected chi connectivity index (χ3v) is 6.02. The Kier molecular flexibility index (Phi) is 6.82. The van der Waals surface area contributed by atoms with Gasteiger partial charge >= 0.3 is 0 Å². The first-order valence-electron chi connectivity index (χ1n) is 9.19. The Hall–Kier alpha value is -2.51. The number of anilines is 1. The molecular weight excluding hydrogens is 410 g/mol. The molecule has 1 saturated heterocycles. The molecule has 0 aliphatic carbocycles. The van der Waals surface area contributed by atoms with Crippen LogP contribution in [0.15, 0.2) is 47.5 Å². The van der Waals surface area contributed by atoms with Crippen molar-refractivity contribution >= 4 is 51.7 Å². The lowest BCUT2D eigenvalue weighted by molar-refractivity contribution is -0.128. The van der Waals surface area contributed by atoms with Gasteiger partial charge in [0.05, 0.1) is 12.3 Å². The summed E-state index contributed by atoms with van der Waals surface area (Å²) in [6.45, 7) is 4.40. The van der Waals surface area contributed by atoms with E-state index in [1.165, 1.54) is 16.7 Å². The Morgan fingerprint density at radius 3 is 2.69 bits per heavy atom. The Labute approximate surface area is 179 Å². The summed E-state index contributed by atoms with van der Waals surface area (Å²) < 4.78 is 5.43. The van der Waals surface area contributed by atoms with E-state index >= 15 is 0 Å². The van der Waals surface area contributed by atoms with E-state index in [0.717, 1.165) is 11.3 Å². The highest BCUT2D eigenvalue weighted by Crippen LogP contribution is 2.30. The van der Waals surface area contributed by atoms with Crippen LogP contribution < -0.4 is 10.1 Å². The van der Waals surface area contributed by atoms with Gasteiger partial charge in [-0.05, 0) is 55.8 Å². The molecule has 1 aliphatic rings. The summed E-state index contributed by atoms with van der Waals surface area (Å²) in [6.07, 6.45) is 0.106. The second-order valence-corrected chi connectivity index (χ2v) is 8.11. The summed E-state index contributed by atoms with van der Waals surface area (Å²) in [6, 6.07) is 12.6. The van der Waals surface area contributed by atoms with Crippen LogP contribution in [0.2, 0.25) is 5.02 Å². The van der Waals surface area contributed by atoms with Crippen molar-refractivity contribution in [1.29, 1.82) is 0 Å². The van der Waals surface area contributed by atoms with E-state index in [0.29, 0.717) is 28.2 Å². The molecule has 6 nitrogen and oxygen atoms in total. The Morgan fingerprint density at radius 2 is 2.03 bits per heavy atom. The molecule has 2 aromatic carbocycles. The molecular formula is C21H22ClN3O3S. The van der Waals surface area contributed by atoms with Gasteiger partial charge in [-0.1, -0.05) is 29.4 Å². The zero-order chi connectivity index (χ0) is 21.0. The summed E-state index contributed by atoms with van der Waals surface area (Å²) in [4.78, 5) is 31.1. The first-order chi connectivity index (χ1) is 13.9. The number of ether oxygens (including phenoxy) is 1. The largest absolute Gasteiger partial charge is 0.494 e. The first kappa shape index (κ1) is 21.2. The SMILES string of the molecule is CCOc1ccc(N=C2S[C@H](C(=O)Nc3ccc(C)c(Cl)c3)CC(=O)N2C)cc1. The number of thioether (sulfide) groups is 1. The molecule has 1 fully saturated rings. The molecule has 1 aliphatic heterocycles. The van der Waals surface area contributed by atoms with Gasteiger partial charge in [0.2, 0.25) is 11.8 Å². The lowest BCUT2D eigenvalue weighted by Crippen LogP contribution is -2.43. The van der Waals surface area contributed by atoms with Crippen LogP contribution in [0, 0.1) is 6.92 Å². The van der Waals surface area contributed by atoms with Crippen LogP contribution in [0.4, 0.5) is 11.4 Å². The van der Waals surface area contributed by atoms with Gasteiger partial charge in [-0.25, -0.2) is 4.99 Å². The maximum Gasteiger partial charge on any atom is 0.238 e. The third kappa shape index (κ3) is 5.31. The van der Waals surface area contributed by atoms with Crippen molar-refractivity contribution in [3.8, 4) is 5.75 Å². The monoisotopic (exact) mass is 431 g/mol. The second-order valence-electron chi connectivity index (χ2n) is 6.54. The molecule has 3 rings (SSSR count). The van der Waals surface area contributed by atoms with E-state index in [2.05, 4.69) is 10.3 Å². The van der Waals surface area contributed by atoms with Crippen molar-refractivity contribution in [2.24, 2.45) is 4.99 Å². The van der Waals surface area contributed by atoms with Crippen molar-refractivity contribution in [3.63, 3.8) is 0 Å². The summed E-state index contributed by atoms with van der Waals surface area (Å²) in [7, 11) is 1.66. The predicted octanol–water partition coefficient (Wildman–Crippen LogP) is 4.64. The van der Waals surface area contributed by atoms with E-state index in [1.54, 1.807) is 19.2 Å². The van der Waals surface area contributed by atoms with Crippen LogP contribution in [-0.2, 0) is 9.59 Å². The van der Waals surface area contributed by atoms with Crippen LogP contribution in [0.25, 0.3) is 0 Å². The Bertz CT molecular complexity index is 947. The molecule has 0 spiro atoms. The third-order valence-electron chi connectivity index (χ3n) is 4.37. The van der Waals surface area contributed by atoms with Gasteiger partial charge in [-0.3, -0.25) is 14.5 Å². The fourth-order valence-corrected chi connectivity index (χ4v) is 3.93. The van der Waals surface area contributed by atoms with Gasteiger partial charge in [0.1, 0.15) is 11.0 Å². The molecule has 1 N–H and O–H groups in total. The lowest BCUT2D eigenvalue weighted by atomic mass is 10.2. The van der Waals surface area contributed by atoms with Crippen molar-refractivity contribution in [3.05, 3.63) is 53.1 Å². The number of carbonyl (C=O) groups excluding carboxylic acids is 2. The minimum Gasteiger partial charge on any atom is -0.494 e. The first-order valence-corrected chi connectivity index (χ1v) is 10.4. The molecule has 1 atom stereocenters. The van der Waals surface area contributed by atoms with Crippen molar-refractivity contribution < 1.29 is 14.3 Å². The highest BCUT2D eigenvalue weighted by molar-refractivity contribution is 8.15. The quantitative estimate of drug-likeness (QED) is 0.748. The number of halogens is 1. The summed E-state index contributed by atoms with van der Waals surface area (Å²) >= 11 is 7.39. The molecule has 0 saturated carbocycles. The Morgan fingerprint density at radius 1 is 1.31 bits per heavy atom. The molecule has 152 valence electrons. The Balaban J connectivity index is 1.75. The van der Waals surface area contributed by atoms with Gasteiger partial charge in [0.15, 0.2) is 5.17 Å². The highest BCUT2D eigenvalue weighted by atomic mass is 35.5. The standard InChI is InChI=1S/C21H22ClN3O3S/c1-4-28-16-9-7-14(8-10-16)24-21-25(3)19(26)12-18(29-21)20(27)23-15-6-5-13(2)17(22)11-15/h5-11,18H,4,12H2,1-3H3,(H,23,27)/t18-/m0/s1. The number of carbonyl (C=O) groups is 2. The topological polar surface area (TPSA) is 71.0 Å². The molecule has 2 aromatic rings. The van der Waals surface area contributed by atoms with Crippen molar-refractivity contribution in [1.82, 2.24) is 4.90 Å². The van der Waals surface area contributed by atoms with E-state index in [-0.39, 0.29) is 18.2 Å². The van der Waals surface area contributed by atoms with Gasteiger partial charge in [0, 0.05) is 24.2 Å². The smallest absolute Gasteiger partial charge is 0.238 e. The summed E-state index contributed by atoms with van der Waals surface area (Å²) in [5.41, 5.74) is 2.21. The van der Waals surface area contributed by atoms with Crippen LogP contribution >= 0.6 is 23.4 Å². The van der Waals surface area contributed by atoms with Crippen molar-refractivity contribution in [2.75, 3.05) is 19.0 Å². The number of hydrogen-bond acceptors (Lipinski definition) is 5. The maximum atomic E-state index is 12.7. The fraction of sp³-hybridized carbons (Fsp3) is 0.286. The molecule has 8 heteroatoms. The van der Waals surface area contributed by atoms with Gasteiger partial charge in [-0.15, -0.1) is 0 Å². The average molecular weight is 432 g/mol. The fourth-order valence-electron chi connectivity index (χ4n) is 2.69. The second kappa shape index (κ2) is 9.33. The zero-order valence-electron chi connectivity index (χ0n) is 16.4. The lowest BCUT2D eigenvalue weighted by Gasteiger charge is -2.28. The number of aliphatic imine (C=N–C) groups is 1. The summed E-state index contributed by atoms with van der Waals surface area (Å²) in [5, 5.41) is 3.32. The molecule has 0 radical (unpaired) electrons. The number of amides is 2. The van der Waals surface area contributed by atoms with Gasteiger partial charge in [0.25, 0.3) is 0 Å². The van der Waals surface area contributed by atoms with Gasteiger partial charge < -0.3 is 10.1 Å². The van der Waals surface area contributed by atoms with Crippen molar-refractivity contribution in [2.45, 2.75) is 25.5 Å². The number of nitrogens with one attached hydrogen (secondary N) is 1. The molecule has 0 unspecified atom stereocenters. The molecule has 29 heavy (non-hydrogen) atoms. The number of nitrogens with zero attached hydrogens (tertiary/aromatic N) is 2. The number of rotatable bonds is 5. The predicted molar refractivity (Wildman–Crippen MR) is 118 cm³/mol. The van der Waals surface area contributed by atoms with Gasteiger partial charge in [-0.2, -0.15) is 0 Å². The number of benzene rings is 2. The average Bonchev–Trinajstić information content (AvgIpc) is 2.69.